The highest BCUT2D eigenvalue weighted by Gasteiger charge is 2.34. The summed E-state index contributed by atoms with van der Waals surface area (Å²) in [6, 6.07) is 5.67. The highest BCUT2D eigenvalue weighted by Crippen LogP contribution is 2.29. The molecule has 0 amide bonds. The fourth-order valence-corrected chi connectivity index (χ4v) is 2.39. The molecule has 1 unspecified atom stereocenters. The topological polar surface area (TPSA) is 57.7 Å². The minimum Gasteiger partial charge on any atom is -0.342 e. The Balaban J connectivity index is 2.14. The van der Waals surface area contributed by atoms with Crippen molar-refractivity contribution in [2.45, 2.75) is 19.6 Å². The van der Waals surface area contributed by atoms with E-state index in [0.717, 1.165) is 17.0 Å². The molecule has 0 N–H and O–H groups in total. The third-order valence-electron chi connectivity index (χ3n) is 3.00. The van der Waals surface area contributed by atoms with Crippen molar-refractivity contribution in [1.82, 2.24) is 4.98 Å². The minimum absolute atomic E-state index is 0.259. The molecule has 0 saturated carbocycles. The van der Waals surface area contributed by atoms with E-state index < -0.39 is 15.6 Å². The second-order valence-electron chi connectivity index (χ2n) is 5.27. The third-order valence-corrected chi connectivity index (χ3v) is 3.62. The molecule has 1 atom stereocenters. The van der Waals surface area contributed by atoms with Gasteiger partial charge in [-0.05, 0) is 43.5 Å². The molecule has 21 heavy (non-hydrogen) atoms. The van der Waals surface area contributed by atoms with E-state index in [-0.39, 0.29) is 6.61 Å². The average molecular weight is 311 g/mol. The van der Waals surface area contributed by atoms with Gasteiger partial charge in [0, 0.05) is 6.26 Å². The molecule has 2 heterocycles. The molecule has 1 saturated heterocycles. The largest absolute Gasteiger partial charge is 0.342 e. The first kappa shape index (κ1) is 16.2. The van der Waals surface area contributed by atoms with Gasteiger partial charge in [0.25, 0.3) is 0 Å². The van der Waals surface area contributed by atoms with Crippen molar-refractivity contribution in [3.63, 3.8) is 0 Å². The van der Waals surface area contributed by atoms with Crippen molar-refractivity contribution in [1.29, 1.82) is 0 Å². The molecule has 0 spiro atoms. The molecule has 1 aliphatic rings. The first-order valence-corrected chi connectivity index (χ1v) is 8.74. The SMILES string of the molecule is C=S(C)(=O)OC/C(C)=C/c1cccc(C2(C)OCCO2)n1. The first-order valence-electron chi connectivity index (χ1n) is 6.68. The van der Waals surface area contributed by atoms with Crippen LogP contribution >= 0.6 is 0 Å². The van der Waals surface area contributed by atoms with Crippen LogP contribution in [0.1, 0.15) is 25.2 Å². The van der Waals surface area contributed by atoms with Crippen LogP contribution in [-0.4, -0.2) is 41.1 Å². The van der Waals surface area contributed by atoms with Gasteiger partial charge in [0.05, 0.1) is 41.0 Å². The molecule has 2 rings (SSSR count). The van der Waals surface area contributed by atoms with Gasteiger partial charge in [-0.2, -0.15) is 0 Å². The van der Waals surface area contributed by atoms with Crippen LogP contribution in [0.15, 0.2) is 23.8 Å². The van der Waals surface area contributed by atoms with E-state index >= 15 is 0 Å². The van der Waals surface area contributed by atoms with Gasteiger partial charge in [-0.1, -0.05) is 6.07 Å². The van der Waals surface area contributed by atoms with Crippen LogP contribution in [0.2, 0.25) is 0 Å². The maximum absolute atomic E-state index is 11.4. The van der Waals surface area contributed by atoms with Crippen LogP contribution in [-0.2, 0) is 29.2 Å². The zero-order valence-electron chi connectivity index (χ0n) is 12.6. The van der Waals surface area contributed by atoms with Gasteiger partial charge in [-0.15, -0.1) is 0 Å². The van der Waals surface area contributed by atoms with Crippen molar-refractivity contribution in [2.24, 2.45) is 0 Å². The molecular formula is C15H21NO4S. The molecule has 1 fully saturated rings. The molecule has 6 heteroatoms. The number of ether oxygens (including phenoxy) is 2. The van der Waals surface area contributed by atoms with Crippen LogP contribution in [0.5, 0.6) is 0 Å². The predicted octanol–water partition coefficient (Wildman–Crippen LogP) is 1.98. The van der Waals surface area contributed by atoms with Gasteiger partial charge in [-0.25, -0.2) is 9.19 Å². The number of hydrogen-bond acceptors (Lipinski definition) is 5. The average Bonchev–Trinajstić information content (AvgIpc) is 2.84. The van der Waals surface area contributed by atoms with E-state index in [0.29, 0.717) is 13.2 Å². The van der Waals surface area contributed by atoms with Crippen molar-refractivity contribution in [2.75, 3.05) is 26.1 Å². The van der Waals surface area contributed by atoms with Crippen molar-refractivity contribution in [3.8, 4) is 0 Å². The third kappa shape index (κ3) is 4.64. The quantitative estimate of drug-likeness (QED) is 0.778. The molecule has 0 bridgehead atoms. The Hall–Kier alpha value is -1.21. The lowest BCUT2D eigenvalue weighted by molar-refractivity contribution is -0.152. The van der Waals surface area contributed by atoms with Crippen LogP contribution in [0, 0.1) is 0 Å². The summed E-state index contributed by atoms with van der Waals surface area (Å²) in [6.45, 7) is 5.15. The van der Waals surface area contributed by atoms with E-state index in [1.54, 1.807) is 0 Å². The Bertz CT molecular complexity index is 631. The van der Waals surface area contributed by atoms with Crippen LogP contribution in [0.25, 0.3) is 6.08 Å². The Morgan fingerprint density at radius 1 is 1.52 bits per heavy atom. The van der Waals surface area contributed by atoms with Gasteiger partial charge < -0.3 is 9.47 Å². The highest BCUT2D eigenvalue weighted by molar-refractivity contribution is 7.95. The van der Waals surface area contributed by atoms with Gasteiger partial charge in [0.1, 0.15) is 0 Å². The van der Waals surface area contributed by atoms with Crippen LogP contribution < -0.4 is 0 Å². The number of nitrogens with zero attached hydrogens (tertiary/aromatic N) is 1. The van der Waals surface area contributed by atoms with Crippen LogP contribution in [0.4, 0.5) is 0 Å². The summed E-state index contributed by atoms with van der Waals surface area (Å²) in [7, 11) is -2.44. The molecule has 0 radical (unpaired) electrons. The van der Waals surface area contributed by atoms with E-state index in [9.17, 15) is 4.21 Å². The second kappa shape index (κ2) is 6.27. The normalized spacial score (nSPS) is 21.2. The molecule has 1 aromatic heterocycles. The summed E-state index contributed by atoms with van der Waals surface area (Å²) in [6.07, 6.45) is 3.35. The lowest BCUT2D eigenvalue weighted by atomic mass is 10.1. The number of hydrogen-bond donors (Lipinski definition) is 0. The molecule has 1 aromatic rings. The zero-order chi connectivity index (χ0) is 15.5. The summed E-state index contributed by atoms with van der Waals surface area (Å²) in [4.78, 5) is 4.54. The lowest BCUT2D eigenvalue weighted by Gasteiger charge is -2.21. The zero-order valence-corrected chi connectivity index (χ0v) is 13.4. The second-order valence-corrected chi connectivity index (χ2v) is 7.36. The van der Waals surface area contributed by atoms with E-state index in [1.807, 2.05) is 38.1 Å². The highest BCUT2D eigenvalue weighted by atomic mass is 32.2. The maximum Gasteiger partial charge on any atom is 0.209 e. The van der Waals surface area contributed by atoms with Crippen molar-refractivity contribution < 1.29 is 17.9 Å². The number of pyridine rings is 1. The van der Waals surface area contributed by atoms with Gasteiger partial charge in [-0.3, -0.25) is 4.18 Å². The molecule has 116 valence electrons. The summed E-state index contributed by atoms with van der Waals surface area (Å²) in [5, 5.41) is 0. The predicted molar refractivity (Wildman–Crippen MR) is 84.3 cm³/mol. The van der Waals surface area contributed by atoms with Crippen molar-refractivity contribution in [3.05, 3.63) is 35.2 Å². The Morgan fingerprint density at radius 3 is 2.81 bits per heavy atom. The number of rotatable bonds is 5. The summed E-state index contributed by atoms with van der Waals surface area (Å²) in [5.41, 5.74) is 2.43. The van der Waals surface area contributed by atoms with Crippen LogP contribution in [0.3, 0.4) is 0 Å². The Morgan fingerprint density at radius 2 is 2.19 bits per heavy atom. The lowest BCUT2D eigenvalue weighted by Crippen LogP contribution is -2.24. The summed E-state index contributed by atoms with van der Waals surface area (Å²) in [5.74, 6) is 2.68. The molecule has 0 aromatic carbocycles. The van der Waals surface area contributed by atoms with Gasteiger partial charge in [0.15, 0.2) is 0 Å². The molecule has 1 aliphatic heterocycles. The van der Waals surface area contributed by atoms with Gasteiger partial charge in [0.2, 0.25) is 5.79 Å². The maximum atomic E-state index is 11.4. The van der Waals surface area contributed by atoms with Crippen molar-refractivity contribution >= 4 is 21.7 Å². The van der Waals surface area contributed by atoms with E-state index in [1.165, 1.54) is 6.26 Å². The standard InChI is InChI=1S/C15H21NO4S/c1-12(11-20-21(3,4)17)10-13-6-5-7-14(16-13)15(2)18-8-9-19-15/h5-7,10H,3,8-9,11H2,1-2,4H3/b12-10+. The molecule has 0 aliphatic carbocycles. The molecule has 5 nitrogen and oxygen atoms in total. The summed E-state index contributed by atoms with van der Waals surface area (Å²) < 4.78 is 27.8. The smallest absolute Gasteiger partial charge is 0.209 e. The fourth-order valence-electron chi connectivity index (χ4n) is 1.96. The Kier molecular flexibility index (Phi) is 4.83. The van der Waals surface area contributed by atoms with E-state index in [2.05, 4.69) is 10.9 Å². The van der Waals surface area contributed by atoms with E-state index in [4.69, 9.17) is 13.7 Å². The van der Waals surface area contributed by atoms with Gasteiger partial charge >= 0.3 is 0 Å². The minimum atomic E-state index is -2.44. The Labute approximate surface area is 126 Å². The first-order chi connectivity index (χ1) is 9.78. The fraction of sp³-hybridized carbons (Fsp3) is 0.467. The number of aromatic nitrogens is 1. The molecular weight excluding hydrogens is 290 g/mol. The monoisotopic (exact) mass is 311 g/mol. The summed E-state index contributed by atoms with van der Waals surface area (Å²) >= 11 is 0.